The van der Waals surface area contributed by atoms with Gasteiger partial charge in [-0.05, 0) is 48.5 Å². The van der Waals surface area contributed by atoms with Gasteiger partial charge in [-0.1, -0.05) is 19.1 Å². The topological polar surface area (TPSA) is 115 Å². The van der Waals surface area contributed by atoms with Gasteiger partial charge in [-0.3, -0.25) is 14.9 Å². The number of carbonyl (C=O) groups is 1. The number of non-ortho nitro benzene ring substituents is 1. The molecule has 2 aliphatic heterocycles. The number of nitro benzene ring substituents is 1. The summed E-state index contributed by atoms with van der Waals surface area (Å²) in [6, 6.07) is 17.7. The van der Waals surface area contributed by atoms with Gasteiger partial charge in [0.05, 0.1) is 21.9 Å². The largest absolute Gasteiger partial charge is 0.454 e. The van der Waals surface area contributed by atoms with E-state index in [1.165, 1.54) is 12.1 Å². The molecular weight excluding hydrogens is 436 g/mol. The van der Waals surface area contributed by atoms with Crippen molar-refractivity contribution >= 4 is 34.2 Å². The van der Waals surface area contributed by atoms with Crippen LogP contribution < -0.4 is 25.4 Å². The molecule has 172 valence electrons. The van der Waals surface area contributed by atoms with Crippen LogP contribution in [0, 0.1) is 10.1 Å². The van der Waals surface area contributed by atoms with Crippen LogP contribution in [-0.4, -0.2) is 24.2 Å². The first-order valence-corrected chi connectivity index (χ1v) is 10.8. The van der Waals surface area contributed by atoms with E-state index in [-0.39, 0.29) is 18.4 Å². The quantitative estimate of drug-likeness (QED) is 0.274. The molecule has 0 fully saturated rings. The number of amides is 1. The Morgan fingerprint density at radius 2 is 1.85 bits per heavy atom. The molecule has 0 spiro atoms. The van der Waals surface area contributed by atoms with Crippen LogP contribution >= 0.6 is 0 Å². The van der Waals surface area contributed by atoms with E-state index in [1.54, 1.807) is 12.1 Å². The Morgan fingerprint density at radius 1 is 1.06 bits per heavy atom. The molecule has 5 rings (SSSR count). The van der Waals surface area contributed by atoms with E-state index < -0.39 is 4.92 Å². The highest BCUT2D eigenvalue weighted by molar-refractivity contribution is 6.37. The highest BCUT2D eigenvalue weighted by Gasteiger charge is 2.30. The monoisotopic (exact) mass is 458 g/mol. The van der Waals surface area contributed by atoms with Crippen LogP contribution in [0.5, 0.6) is 11.5 Å². The minimum atomic E-state index is -0.486. The van der Waals surface area contributed by atoms with E-state index >= 15 is 0 Å². The van der Waals surface area contributed by atoms with Crippen molar-refractivity contribution in [2.24, 2.45) is 0 Å². The Bertz CT molecular complexity index is 1320. The normalized spacial score (nSPS) is 15.0. The summed E-state index contributed by atoms with van der Waals surface area (Å²) < 4.78 is 11.0. The molecular formula is C25H22N4O5. The van der Waals surface area contributed by atoms with Crippen LogP contribution in [0.3, 0.4) is 0 Å². The van der Waals surface area contributed by atoms with Gasteiger partial charge in [0.15, 0.2) is 11.5 Å². The first-order valence-electron chi connectivity index (χ1n) is 10.8. The summed E-state index contributed by atoms with van der Waals surface area (Å²) in [5.41, 5.74) is 4.49. The number of nitro groups is 1. The fourth-order valence-corrected chi connectivity index (χ4v) is 3.97. The lowest BCUT2D eigenvalue weighted by Gasteiger charge is -2.16. The highest BCUT2D eigenvalue weighted by atomic mass is 16.7. The second-order valence-electron chi connectivity index (χ2n) is 7.86. The van der Waals surface area contributed by atoms with Crippen molar-refractivity contribution in [3.63, 3.8) is 0 Å². The molecule has 9 heteroatoms. The lowest BCUT2D eigenvalue weighted by molar-refractivity contribution is -0.384. The minimum absolute atomic E-state index is 0.0887. The molecule has 34 heavy (non-hydrogen) atoms. The molecule has 2 heterocycles. The molecule has 0 radical (unpaired) electrons. The molecule has 0 bridgehead atoms. The van der Waals surface area contributed by atoms with E-state index in [0.717, 1.165) is 29.9 Å². The van der Waals surface area contributed by atoms with E-state index in [0.29, 0.717) is 34.0 Å². The summed E-state index contributed by atoms with van der Waals surface area (Å²) in [6.07, 6.45) is 0. The molecule has 1 amide bonds. The number of rotatable bonds is 7. The highest BCUT2D eigenvalue weighted by Crippen LogP contribution is 2.41. The third-order valence-electron chi connectivity index (χ3n) is 5.67. The third-order valence-corrected chi connectivity index (χ3v) is 5.67. The maximum Gasteiger partial charge on any atom is 0.271 e. The Kier molecular flexibility index (Phi) is 5.60. The fourth-order valence-electron chi connectivity index (χ4n) is 3.97. The number of benzene rings is 3. The van der Waals surface area contributed by atoms with Gasteiger partial charge in [-0.2, -0.15) is 0 Å². The van der Waals surface area contributed by atoms with Crippen molar-refractivity contribution in [3.8, 4) is 11.5 Å². The maximum atomic E-state index is 13.1. The number of hydrogen-bond donors (Lipinski definition) is 3. The Morgan fingerprint density at radius 3 is 2.62 bits per heavy atom. The molecule has 0 saturated carbocycles. The first-order chi connectivity index (χ1) is 16.5. The predicted octanol–water partition coefficient (Wildman–Crippen LogP) is 4.37. The molecule has 9 nitrogen and oxygen atoms in total. The fraction of sp³-hybridized carbons (Fsp3) is 0.160. The number of nitrogens with zero attached hydrogens (tertiary/aromatic N) is 1. The molecule has 3 aromatic carbocycles. The molecule has 0 aromatic heterocycles. The lowest BCUT2D eigenvalue weighted by atomic mass is 9.99. The van der Waals surface area contributed by atoms with E-state index in [9.17, 15) is 14.9 Å². The van der Waals surface area contributed by atoms with Crippen molar-refractivity contribution in [2.45, 2.75) is 13.5 Å². The van der Waals surface area contributed by atoms with Crippen LogP contribution in [-0.2, 0) is 11.3 Å². The average molecular weight is 458 g/mol. The summed E-state index contributed by atoms with van der Waals surface area (Å²) >= 11 is 0. The van der Waals surface area contributed by atoms with Crippen LogP contribution in [0.1, 0.15) is 23.6 Å². The third kappa shape index (κ3) is 4.04. The van der Waals surface area contributed by atoms with E-state index in [1.807, 2.05) is 36.4 Å². The van der Waals surface area contributed by atoms with Crippen LogP contribution in [0.4, 0.5) is 17.1 Å². The van der Waals surface area contributed by atoms with Gasteiger partial charge in [-0.15, -0.1) is 0 Å². The Labute approximate surface area is 195 Å². The van der Waals surface area contributed by atoms with Crippen LogP contribution in [0.15, 0.2) is 60.7 Å². The number of anilines is 2. The maximum absolute atomic E-state index is 13.1. The molecule has 0 unspecified atom stereocenters. The molecule has 2 aliphatic rings. The number of nitrogens with one attached hydrogen (secondary N) is 3. The summed E-state index contributed by atoms with van der Waals surface area (Å²) in [5, 5.41) is 20.6. The van der Waals surface area contributed by atoms with Crippen molar-refractivity contribution in [2.75, 3.05) is 24.0 Å². The zero-order chi connectivity index (χ0) is 23.7. The van der Waals surface area contributed by atoms with Gasteiger partial charge < -0.3 is 25.4 Å². The van der Waals surface area contributed by atoms with Gasteiger partial charge in [0.25, 0.3) is 11.6 Å². The van der Waals surface area contributed by atoms with Gasteiger partial charge in [0.2, 0.25) is 6.79 Å². The number of carbonyl (C=O) groups excluding carboxylic acids is 1. The summed E-state index contributed by atoms with van der Waals surface area (Å²) in [4.78, 5) is 23.8. The standard InChI is InChI=1S/C25H22N4O5/c1-2-26-13-15-3-6-17(7-4-15)27-24(16-5-10-21-22(11-16)34-14-33-21)23-19-9-8-18(29(31)32)12-20(19)28-25(23)30/h3-12,26-27H,2,13-14H2,1H3,(H,28,30). The van der Waals surface area contributed by atoms with Crippen LogP contribution in [0.25, 0.3) is 11.3 Å². The molecule has 3 aromatic rings. The van der Waals surface area contributed by atoms with Crippen LogP contribution in [0.2, 0.25) is 0 Å². The number of ether oxygens (including phenoxy) is 2. The Balaban J connectivity index is 1.60. The van der Waals surface area contributed by atoms with Gasteiger partial charge in [0, 0.05) is 35.5 Å². The molecule has 3 N–H and O–H groups in total. The van der Waals surface area contributed by atoms with Crippen molar-refractivity contribution < 1.29 is 19.2 Å². The number of fused-ring (bicyclic) bond motifs is 2. The molecule has 0 saturated heterocycles. The lowest BCUT2D eigenvalue weighted by Crippen LogP contribution is -2.12. The van der Waals surface area contributed by atoms with Crippen molar-refractivity contribution in [1.29, 1.82) is 0 Å². The molecule has 0 atom stereocenters. The van der Waals surface area contributed by atoms with Gasteiger partial charge in [0.1, 0.15) is 0 Å². The molecule has 0 aliphatic carbocycles. The first kappa shape index (κ1) is 21.5. The second kappa shape index (κ2) is 8.87. The predicted molar refractivity (Wildman–Crippen MR) is 129 cm³/mol. The van der Waals surface area contributed by atoms with E-state index in [4.69, 9.17) is 9.47 Å². The Hall–Kier alpha value is -4.37. The zero-order valence-electron chi connectivity index (χ0n) is 18.4. The SMILES string of the molecule is CCNCc1ccc(NC(=C2C(=O)Nc3cc([N+](=O)[O-])ccc32)c2ccc3c(c2)OCO3)cc1. The second-order valence-corrected chi connectivity index (χ2v) is 7.86. The smallest absolute Gasteiger partial charge is 0.271 e. The van der Waals surface area contributed by atoms with Crippen molar-refractivity contribution in [3.05, 3.63) is 87.5 Å². The summed E-state index contributed by atoms with van der Waals surface area (Å²) in [5.74, 6) is 0.868. The number of hydrogen-bond acceptors (Lipinski definition) is 7. The van der Waals surface area contributed by atoms with Crippen molar-refractivity contribution in [1.82, 2.24) is 5.32 Å². The summed E-state index contributed by atoms with van der Waals surface area (Å²) in [7, 11) is 0. The van der Waals surface area contributed by atoms with E-state index in [2.05, 4.69) is 22.9 Å². The minimum Gasteiger partial charge on any atom is -0.454 e. The average Bonchev–Trinajstić information content (AvgIpc) is 3.44. The zero-order valence-corrected chi connectivity index (χ0v) is 18.4. The van der Waals surface area contributed by atoms with Gasteiger partial charge >= 0.3 is 0 Å². The van der Waals surface area contributed by atoms with Gasteiger partial charge in [-0.25, -0.2) is 0 Å². The summed E-state index contributed by atoms with van der Waals surface area (Å²) in [6.45, 7) is 3.84.